The van der Waals surface area contributed by atoms with Gasteiger partial charge in [-0.25, -0.2) is 0 Å². The Balaban J connectivity index is 2.30. The van der Waals surface area contributed by atoms with E-state index in [2.05, 4.69) is 0 Å². The van der Waals surface area contributed by atoms with Gasteiger partial charge in [0.05, 0.1) is 6.10 Å². The van der Waals surface area contributed by atoms with E-state index in [-0.39, 0.29) is 6.42 Å². The third-order valence-corrected chi connectivity index (χ3v) is 1.98. The molecular weight excluding hydrogens is 164 g/mol. The number of carbonyl (C=O) groups is 1. The summed E-state index contributed by atoms with van der Waals surface area (Å²) < 4.78 is 0. The van der Waals surface area contributed by atoms with E-state index >= 15 is 0 Å². The second kappa shape index (κ2) is 5.49. The summed E-state index contributed by atoms with van der Waals surface area (Å²) in [5.41, 5.74) is 1.20. The van der Waals surface area contributed by atoms with E-state index in [1.54, 1.807) is 0 Å². The van der Waals surface area contributed by atoms with Crippen molar-refractivity contribution in [1.82, 2.24) is 0 Å². The Labute approximate surface area is 78.2 Å². The van der Waals surface area contributed by atoms with E-state index < -0.39 is 6.10 Å². The average Bonchev–Trinajstić information content (AvgIpc) is 2.17. The van der Waals surface area contributed by atoms with Crippen molar-refractivity contribution in [2.24, 2.45) is 0 Å². The number of benzene rings is 1. The van der Waals surface area contributed by atoms with Crippen LogP contribution in [-0.4, -0.2) is 17.5 Å². The molecule has 0 bridgehead atoms. The van der Waals surface area contributed by atoms with Gasteiger partial charge < -0.3 is 9.90 Å². The van der Waals surface area contributed by atoms with Crippen LogP contribution in [0.3, 0.4) is 0 Å². The van der Waals surface area contributed by atoms with Crippen molar-refractivity contribution < 1.29 is 9.90 Å². The zero-order chi connectivity index (χ0) is 9.52. The molecule has 13 heavy (non-hydrogen) atoms. The number of aliphatic hydroxyl groups is 1. The number of carbonyl (C=O) groups excluding carboxylic acids is 1. The predicted octanol–water partition coefficient (Wildman–Crippen LogP) is 1.57. The summed E-state index contributed by atoms with van der Waals surface area (Å²) in [6, 6.07) is 9.95. The van der Waals surface area contributed by atoms with Crippen molar-refractivity contribution in [3.05, 3.63) is 35.9 Å². The van der Waals surface area contributed by atoms with Gasteiger partial charge in [-0.2, -0.15) is 0 Å². The normalized spacial score (nSPS) is 12.4. The van der Waals surface area contributed by atoms with Crippen molar-refractivity contribution >= 4 is 6.29 Å². The van der Waals surface area contributed by atoms with Crippen molar-refractivity contribution in [2.75, 3.05) is 0 Å². The van der Waals surface area contributed by atoms with E-state index in [0.29, 0.717) is 6.42 Å². The van der Waals surface area contributed by atoms with Crippen LogP contribution in [0.25, 0.3) is 0 Å². The van der Waals surface area contributed by atoms with E-state index in [9.17, 15) is 9.90 Å². The lowest BCUT2D eigenvalue weighted by Gasteiger charge is -2.05. The third-order valence-electron chi connectivity index (χ3n) is 1.98. The van der Waals surface area contributed by atoms with Crippen LogP contribution in [0, 0.1) is 0 Å². The average molecular weight is 178 g/mol. The number of aryl methyl sites for hydroxylation is 1. The molecule has 0 amide bonds. The molecule has 1 N–H and O–H groups in total. The second-order valence-electron chi connectivity index (χ2n) is 3.08. The summed E-state index contributed by atoms with van der Waals surface area (Å²) in [6.45, 7) is 0. The SMILES string of the molecule is O=CCC(O)CCc1ccccc1. The van der Waals surface area contributed by atoms with Crippen LogP contribution in [0.2, 0.25) is 0 Å². The molecule has 0 radical (unpaired) electrons. The first kappa shape index (κ1) is 9.93. The first-order chi connectivity index (χ1) is 6.33. The predicted molar refractivity (Wildman–Crippen MR) is 51.5 cm³/mol. The van der Waals surface area contributed by atoms with Crippen LogP contribution in [0.5, 0.6) is 0 Å². The second-order valence-corrected chi connectivity index (χ2v) is 3.08. The minimum atomic E-state index is -0.488. The van der Waals surface area contributed by atoms with Crippen LogP contribution >= 0.6 is 0 Å². The maximum atomic E-state index is 10.1. The maximum Gasteiger partial charge on any atom is 0.122 e. The third kappa shape index (κ3) is 3.85. The Morgan fingerprint density at radius 1 is 1.31 bits per heavy atom. The van der Waals surface area contributed by atoms with Crippen LogP contribution < -0.4 is 0 Å². The Morgan fingerprint density at radius 2 is 2.00 bits per heavy atom. The Kier molecular flexibility index (Phi) is 4.19. The molecular formula is C11H14O2. The van der Waals surface area contributed by atoms with Gasteiger partial charge in [0, 0.05) is 6.42 Å². The summed E-state index contributed by atoms with van der Waals surface area (Å²) >= 11 is 0. The number of aldehydes is 1. The molecule has 0 spiro atoms. The highest BCUT2D eigenvalue weighted by Crippen LogP contribution is 2.05. The minimum absolute atomic E-state index is 0.243. The summed E-state index contributed by atoms with van der Waals surface area (Å²) in [7, 11) is 0. The highest BCUT2D eigenvalue weighted by atomic mass is 16.3. The molecule has 0 aromatic heterocycles. The molecule has 1 rings (SSSR count). The summed E-state index contributed by atoms with van der Waals surface area (Å²) in [5.74, 6) is 0. The lowest BCUT2D eigenvalue weighted by Crippen LogP contribution is -2.08. The molecule has 0 fully saturated rings. The highest BCUT2D eigenvalue weighted by molar-refractivity contribution is 5.49. The molecule has 0 saturated carbocycles. The number of rotatable bonds is 5. The van der Waals surface area contributed by atoms with Gasteiger partial charge in [-0.05, 0) is 18.4 Å². The summed E-state index contributed by atoms with van der Waals surface area (Å²) in [6.07, 6.45) is 2.00. The first-order valence-corrected chi connectivity index (χ1v) is 4.48. The number of hydrogen-bond donors (Lipinski definition) is 1. The lowest BCUT2D eigenvalue weighted by molar-refractivity contribution is -0.109. The fourth-order valence-electron chi connectivity index (χ4n) is 1.21. The van der Waals surface area contributed by atoms with Gasteiger partial charge in [-0.15, -0.1) is 0 Å². The molecule has 1 aromatic rings. The first-order valence-electron chi connectivity index (χ1n) is 4.48. The van der Waals surface area contributed by atoms with E-state index in [4.69, 9.17) is 0 Å². The van der Waals surface area contributed by atoms with Crippen LogP contribution in [-0.2, 0) is 11.2 Å². The largest absolute Gasteiger partial charge is 0.393 e. The molecule has 0 aliphatic carbocycles. The topological polar surface area (TPSA) is 37.3 Å². The Bertz CT molecular complexity index is 244. The summed E-state index contributed by atoms with van der Waals surface area (Å²) in [5, 5.41) is 9.28. The van der Waals surface area contributed by atoms with Gasteiger partial charge in [0.15, 0.2) is 0 Å². The van der Waals surface area contributed by atoms with Crippen molar-refractivity contribution in [1.29, 1.82) is 0 Å². The van der Waals surface area contributed by atoms with Gasteiger partial charge in [-0.3, -0.25) is 0 Å². The zero-order valence-electron chi connectivity index (χ0n) is 7.52. The van der Waals surface area contributed by atoms with E-state index in [1.165, 1.54) is 5.56 Å². The maximum absolute atomic E-state index is 10.1. The lowest BCUT2D eigenvalue weighted by atomic mass is 10.1. The molecule has 2 nitrogen and oxygen atoms in total. The Morgan fingerprint density at radius 3 is 2.62 bits per heavy atom. The van der Waals surface area contributed by atoms with Gasteiger partial charge in [0.2, 0.25) is 0 Å². The molecule has 1 unspecified atom stereocenters. The van der Waals surface area contributed by atoms with E-state index in [0.717, 1.165) is 12.7 Å². The van der Waals surface area contributed by atoms with Gasteiger partial charge in [-0.1, -0.05) is 30.3 Å². The molecule has 70 valence electrons. The molecule has 1 aromatic carbocycles. The summed E-state index contributed by atoms with van der Waals surface area (Å²) in [4.78, 5) is 10.1. The van der Waals surface area contributed by atoms with Crippen molar-refractivity contribution in [2.45, 2.75) is 25.4 Å². The highest BCUT2D eigenvalue weighted by Gasteiger charge is 2.02. The molecule has 2 heteroatoms. The van der Waals surface area contributed by atoms with Crippen molar-refractivity contribution in [3.8, 4) is 0 Å². The van der Waals surface area contributed by atoms with Crippen LogP contribution in [0.1, 0.15) is 18.4 Å². The molecule has 0 heterocycles. The fourth-order valence-corrected chi connectivity index (χ4v) is 1.21. The molecule has 1 atom stereocenters. The molecule has 0 saturated heterocycles. The minimum Gasteiger partial charge on any atom is -0.393 e. The van der Waals surface area contributed by atoms with Crippen LogP contribution in [0.4, 0.5) is 0 Å². The van der Waals surface area contributed by atoms with Gasteiger partial charge in [0.25, 0.3) is 0 Å². The smallest absolute Gasteiger partial charge is 0.122 e. The molecule has 0 aliphatic heterocycles. The number of hydrogen-bond acceptors (Lipinski definition) is 2. The van der Waals surface area contributed by atoms with E-state index in [1.807, 2.05) is 30.3 Å². The van der Waals surface area contributed by atoms with Gasteiger partial charge in [0.1, 0.15) is 6.29 Å². The number of aliphatic hydroxyl groups excluding tert-OH is 1. The Hall–Kier alpha value is -1.15. The van der Waals surface area contributed by atoms with Gasteiger partial charge >= 0.3 is 0 Å². The quantitative estimate of drug-likeness (QED) is 0.695. The fraction of sp³-hybridized carbons (Fsp3) is 0.364. The molecule has 0 aliphatic rings. The standard InChI is InChI=1S/C11H14O2/c12-9-8-11(13)7-6-10-4-2-1-3-5-10/h1-5,9,11,13H,6-8H2. The van der Waals surface area contributed by atoms with Crippen molar-refractivity contribution in [3.63, 3.8) is 0 Å². The van der Waals surface area contributed by atoms with Crippen LogP contribution in [0.15, 0.2) is 30.3 Å². The zero-order valence-corrected chi connectivity index (χ0v) is 7.52. The monoisotopic (exact) mass is 178 g/mol.